The third kappa shape index (κ3) is 5.80. The number of nitrogens with zero attached hydrogens (tertiary/aromatic N) is 1. The summed E-state index contributed by atoms with van der Waals surface area (Å²) in [5, 5.41) is 11.9. The second-order valence-electron chi connectivity index (χ2n) is 6.02. The Morgan fingerprint density at radius 3 is 2.60 bits per heavy atom. The summed E-state index contributed by atoms with van der Waals surface area (Å²) < 4.78 is 0. The van der Waals surface area contributed by atoms with Gasteiger partial charge in [-0.25, -0.2) is 9.59 Å². The maximum atomic E-state index is 11.9. The van der Waals surface area contributed by atoms with Crippen LogP contribution in [0, 0.1) is 5.92 Å². The van der Waals surface area contributed by atoms with Crippen molar-refractivity contribution in [3.8, 4) is 0 Å². The van der Waals surface area contributed by atoms with Gasteiger partial charge in [0, 0.05) is 13.1 Å². The first-order valence-electron chi connectivity index (χ1n) is 7.79. The Bertz CT molecular complexity index is 318. The van der Waals surface area contributed by atoms with Crippen LogP contribution < -0.4 is 5.32 Å². The predicted molar refractivity (Wildman–Crippen MR) is 78.7 cm³/mol. The van der Waals surface area contributed by atoms with Gasteiger partial charge in [-0.05, 0) is 25.2 Å². The molecule has 1 saturated heterocycles. The fraction of sp³-hybridized carbons (Fsp3) is 0.867. The maximum absolute atomic E-state index is 11.9. The number of aliphatic carboxylic acids is 1. The van der Waals surface area contributed by atoms with Crippen LogP contribution in [0.5, 0.6) is 0 Å². The molecule has 1 fully saturated rings. The van der Waals surface area contributed by atoms with Gasteiger partial charge >= 0.3 is 12.0 Å². The van der Waals surface area contributed by atoms with Gasteiger partial charge in [-0.2, -0.15) is 0 Å². The Balaban J connectivity index is 2.09. The third-order valence-corrected chi connectivity index (χ3v) is 3.78. The zero-order valence-corrected chi connectivity index (χ0v) is 12.7. The van der Waals surface area contributed by atoms with Gasteiger partial charge in [0.05, 0.1) is 0 Å². The van der Waals surface area contributed by atoms with Gasteiger partial charge in [-0.15, -0.1) is 0 Å². The molecule has 0 unspecified atom stereocenters. The quantitative estimate of drug-likeness (QED) is 0.673. The van der Waals surface area contributed by atoms with Crippen LogP contribution in [0.1, 0.15) is 58.8 Å². The molecule has 2 amide bonds. The maximum Gasteiger partial charge on any atom is 0.326 e. The number of hydrogen-bond donors (Lipinski definition) is 2. The minimum Gasteiger partial charge on any atom is -0.480 e. The van der Waals surface area contributed by atoms with E-state index in [9.17, 15) is 9.59 Å². The third-order valence-electron chi connectivity index (χ3n) is 3.78. The Morgan fingerprint density at radius 1 is 1.25 bits per heavy atom. The molecule has 20 heavy (non-hydrogen) atoms. The van der Waals surface area contributed by atoms with Gasteiger partial charge in [-0.1, -0.05) is 39.5 Å². The monoisotopic (exact) mass is 284 g/mol. The van der Waals surface area contributed by atoms with E-state index in [1.807, 2.05) is 0 Å². The van der Waals surface area contributed by atoms with Crippen molar-refractivity contribution in [2.24, 2.45) is 5.92 Å². The number of carboxylic acids is 1. The fourth-order valence-electron chi connectivity index (χ4n) is 2.59. The molecule has 5 heteroatoms. The van der Waals surface area contributed by atoms with Crippen LogP contribution in [0.3, 0.4) is 0 Å². The molecule has 0 aromatic rings. The van der Waals surface area contributed by atoms with Crippen molar-refractivity contribution >= 4 is 12.0 Å². The molecule has 0 bridgehead atoms. The fourth-order valence-corrected chi connectivity index (χ4v) is 2.59. The Hall–Kier alpha value is -1.26. The molecule has 5 nitrogen and oxygen atoms in total. The number of hydrogen-bond acceptors (Lipinski definition) is 2. The molecule has 0 spiro atoms. The van der Waals surface area contributed by atoms with Crippen LogP contribution >= 0.6 is 0 Å². The lowest BCUT2D eigenvalue weighted by molar-refractivity contribution is -0.141. The zero-order valence-electron chi connectivity index (χ0n) is 12.7. The highest BCUT2D eigenvalue weighted by atomic mass is 16.4. The highest BCUT2D eigenvalue weighted by Gasteiger charge is 2.33. The average molecular weight is 284 g/mol. The number of unbranched alkanes of at least 4 members (excludes halogenated alkanes) is 3. The number of likely N-dealkylation sites (tertiary alicyclic amines) is 1. The summed E-state index contributed by atoms with van der Waals surface area (Å²) in [6, 6.07) is -0.863. The minimum absolute atomic E-state index is 0.225. The van der Waals surface area contributed by atoms with Crippen molar-refractivity contribution in [2.45, 2.75) is 64.8 Å². The van der Waals surface area contributed by atoms with Crippen molar-refractivity contribution in [2.75, 3.05) is 13.1 Å². The first kappa shape index (κ1) is 16.8. The Labute approximate surface area is 121 Å². The molecule has 2 N–H and O–H groups in total. The summed E-state index contributed by atoms with van der Waals surface area (Å²) in [5.41, 5.74) is 0. The van der Waals surface area contributed by atoms with Crippen LogP contribution in [0.4, 0.5) is 4.79 Å². The summed E-state index contributed by atoms with van der Waals surface area (Å²) in [6.07, 6.45) is 7.15. The molecular weight excluding hydrogens is 256 g/mol. The molecule has 0 saturated carbocycles. The summed E-state index contributed by atoms with van der Waals surface area (Å²) in [4.78, 5) is 24.3. The number of rotatable bonds is 8. The molecule has 1 atom stereocenters. The van der Waals surface area contributed by atoms with Gasteiger partial charge in [0.25, 0.3) is 0 Å². The molecule has 0 aromatic carbocycles. The Kier molecular flexibility index (Phi) is 7.41. The van der Waals surface area contributed by atoms with Crippen LogP contribution in [-0.4, -0.2) is 41.1 Å². The van der Waals surface area contributed by atoms with Crippen molar-refractivity contribution in [3.05, 3.63) is 0 Å². The SMILES string of the molecule is CC(C)CCCCCCNC(=O)N1CCC[C@@H]1C(=O)O. The van der Waals surface area contributed by atoms with E-state index >= 15 is 0 Å². The topological polar surface area (TPSA) is 69.6 Å². The van der Waals surface area contributed by atoms with Crippen LogP contribution in [0.15, 0.2) is 0 Å². The average Bonchev–Trinajstić information content (AvgIpc) is 2.86. The predicted octanol–water partition coefficient (Wildman–Crippen LogP) is 2.85. The number of nitrogens with one attached hydrogen (secondary N) is 1. The smallest absolute Gasteiger partial charge is 0.326 e. The number of carboxylic acid groups (broad SMARTS) is 1. The summed E-state index contributed by atoms with van der Waals surface area (Å²) >= 11 is 0. The van der Waals surface area contributed by atoms with E-state index in [1.165, 1.54) is 24.2 Å². The zero-order chi connectivity index (χ0) is 15.0. The molecular formula is C15H28N2O3. The Morgan fingerprint density at radius 2 is 1.95 bits per heavy atom. The molecule has 0 radical (unpaired) electrons. The lowest BCUT2D eigenvalue weighted by Gasteiger charge is -2.21. The second-order valence-corrected chi connectivity index (χ2v) is 6.02. The molecule has 0 aliphatic carbocycles. The number of carbonyl (C=O) groups excluding carboxylic acids is 1. The van der Waals surface area contributed by atoms with Gasteiger partial charge in [-0.3, -0.25) is 0 Å². The van der Waals surface area contributed by atoms with Crippen molar-refractivity contribution in [1.82, 2.24) is 10.2 Å². The molecule has 1 aliphatic heterocycles. The van der Waals surface area contributed by atoms with E-state index in [0.29, 0.717) is 19.5 Å². The van der Waals surface area contributed by atoms with E-state index in [1.54, 1.807) is 0 Å². The summed E-state index contributed by atoms with van der Waals surface area (Å²) in [6.45, 7) is 5.66. The van der Waals surface area contributed by atoms with E-state index in [0.717, 1.165) is 25.2 Å². The van der Waals surface area contributed by atoms with E-state index in [2.05, 4.69) is 19.2 Å². The summed E-state index contributed by atoms with van der Waals surface area (Å²) in [5.74, 6) is -0.135. The van der Waals surface area contributed by atoms with Gasteiger partial charge in [0.15, 0.2) is 0 Å². The highest BCUT2D eigenvalue weighted by molar-refractivity contribution is 5.83. The second kappa shape index (κ2) is 8.82. The molecule has 0 aromatic heterocycles. The van der Waals surface area contributed by atoms with Crippen molar-refractivity contribution in [3.63, 3.8) is 0 Å². The van der Waals surface area contributed by atoms with Crippen LogP contribution in [0.2, 0.25) is 0 Å². The highest BCUT2D eigenvalue weighted by Crippen LogP contribution is 2.17. The largest absolute Gasteiger partial charge is 0.480 e. The van der Waals surface area contributed by atoms with Crippen molar-refractivity contribution < 1.29 is 14.7 Å². The normalized spacial score (nSPS) is 18.6. The number of carbonyl (C=O) groups is 2. The first-order chi connectivity index (χ1) is 9.52. The lowest BCUT2D eigenvalue weighted by Crippen LogP contribution is -2.46. The molecule has 1 aliphatic rings. The number of urea groups is 1. The van der Waals surface area contributed by atoms with E-state index in [4.69, 9.17) is 5.11 Å². The van der Waals surface area contributed by atoms with E-state index < -0.39 is 12.0 Å². The van der Waals surface area contributed by atoms with Gasteiger partial charge in [0.2, 0.25) is 0 Å². The molecule has 1 heterocycles. The van der Waals surface area contributed by atoms with Crippen LogP contribution in [0.25, 0.3) is 0 Å². The van der Waals surface area contributed by atoms with Crippen LogP contribution in [-0.2, 0) is 4.79 Å². The van der Waals surface area contributed by atoms with E-state index in [-0.39, 0.29) is 6.03 Å². The van der Waals surface area contributed by atoms with Gasteiger partial charge in [0.1, 0.15) is 6.04 Å². The summed E-state index contributed by atoms with van der Waals surface area (Å²) in [7, 11) is 0. The molecule has 1 rings (SSSR count). The standard InChI is InChI=1S/C15H28N2O3/c1-12(2)8-5-3-4-6-10-16-15(20)17-11-7-9-13(17)14(18)19/h12-13H,3-11H2,1-2H3,(H,16,20)(H,18,19)/t13-/m1/s1. The molecule has 116 valence electrons. The van der Waals surface area contributed by atoms with Gasteiger partial charge < -0.3 is 15.3 Å². The van der Waals surface area contributed by atoms with Crippen molar-refractivity contribution in [1.29, 1.82) is 0 Å². The number of amides is 2. The minimum atomic E-state index is -0.897. The lowest BCUT2D eigenvalue weighted by atomic mass is 10.0. The first-order valence-corrected chi connectivity index (χ1v) is 7.79.